The number of hydrogen-bond acceptors (Lipinski definition) is 3. The van der Waals surface area contributed by atoms with Gasteiger partial charge in [0.25, 0.3) is 0 Å². The number of rotatable bonds is 1. The van der Waals surface area contributed by atoms with Crippen LogP contribution < -0.4 is 5.73 Å². The van der Waals surface area contributed by atoms with E-state index in [1.165, 1.54) is 6.92 Å². The predicted octanol–water partition coefficient (Wildman–Crippen LogP) is 3.55. The molecule has 1 aliphatic heterocycles. The lowest BCUT2D eigenvalue weighted by Gasteiger charge is -2.35. The van der Waals surface area contributed by atoms with Gasteiger partial charge in [0, 0.05) is 17.6 Å². The molecule has 5 heteroatoms. The maximum atomic E-state index is 14.1. The van der Waals surface area contributed by atoms with Crippen LogP contribution in [0.5, 0.6) is 0 Å². The molecule has 0 spiro atoms. The van der Waals surface area contributed by atoms with E-state index < -0.39 is 23.8 Å². The minimum Gasteiger partial charge on any atom is -0.512 e. The summed E-state index contributed by atoms with van der Waals surface area (Å²) < 4.78 is 33.6. The summed E-state index contributed by atoms with van der Waals surface area (Å²) in [5.74, 6) is -0.200. The van der Waals surface area contributed by atoms with E-state index in [2.05, 4.69) is 0 Å². The summed E-state index contributed by atoms with van der Waals surface area (Å²) in [5, 5.41) is 9.88. The van der Waals surface area contributed by atoms with Crippen LogP contribution in [0, 0.1) is 18.6 Å². The van der Waals surface area contributed by atoms with E-state index in [1.807, 2.05) is 6.08 Å². The smallest absolute Gasteiger partial charge is 0.142 e. The molecular formula is C16H17F2NO2. The van der Waals surface area contributed by atoms with Gasteiger partial charge in [-0.3, -0.25) is 0 Å². The van der Waals surface area contributed by atoms with E-state index in [0.717, 1.165) is 12.1 Å². The average molecular weight is 293 g/mol. The lowest BCUT2D eigenvalue weighted by Crippen LogP contribution is -2.36. The van der Waals surface area contributed by atoms with Crippen molar-refractivity contribution in [2.24, 2.45) is 5.73 Å². The normalized spacial score (nSPS) is 25.2. The maximum absolute atomic E-state index is 14.1. The highest BCUT2D eigenvalue weighted by atomic mass is 19.1. The fraction of sp³-hybridized carbons (Fsp3) is 0.375. The summed E-state index contributed by atoms with van der Waals surface area (Å²) in [7, 11) is 0. The number of aliphatic hydroxyl groups excluding tert-OH is 1. The van der Waals surface area contributed by atoms with Crippen LogP contribution in [-0.2, 0) is 4.74 Å². The summed E-state index contributed by atoms with van der Waals surface area (Å²) in [6, 6.07) is 1.76. The van der Waals surface area contributed by atoms with Crippen LogP contribution in [0.4, 0.5) is 8.78 Å². The first-order chi connectivity index (χ1) is 9.97. The second-order valence-corrected chi connectivity index (χ2v) is 5.56. The van der Waals surface area contributed by atoms with Gasteiger partial charge in [-0.25, -0.2) is 8.78 Å². The van der Waals surface area contributed by atoms with Gasteiger partial charge >= 0.3 is 0 Å². The van der Waals surface area contributed by atoms with Crippen molar-refractivity contribution < 1.29 is 18.6 Å². The monoisotopic (exact) mass is 293 g/mol. The summed E-state index contributed by atoms with van der Waals surface area (Å²) in [6.45, 7) is 1.51. The molecule has 1 aromatic rings. The number of aryl methyl sites for hydroxylation is 1. The van der Waals surface area contributed by atoms with Gasteiger partial charge < -0.3 is 15.6 Å². The first-order valence-corrected chi connectivity index (χ1v) is 6.96. The quantitative estimate of drug-likeness (QED) is 0.832. The van der Waals surface area contributed by atoms with Gasteiger partial charge in [-0.1, -0.05) is 0 Å². The molecule has 2 unspecified atom stereocenters. The van der Waals surface area contributed by atoms with Crippen molar-refractivity contribution in [1.29, 1.82) is 0 Å². The number of hydrogen-bond donors (Lipinski definition) is 2. The first kappa shape index (κ1) is 14.1. The number of fused-ring (bicyclic) bond motifs is 1. The van der Waals surface area contributed by atoms with Gasteiger partial charge in [-0.2, -0.15) is 0 Å². The standard InChI is InChI=1S/C16H17F2NO2/c1-8-5-12(18)9(6-11(8)17)16-13(19)7-10-14(20)3-2-4-15(10)21-16/h4-6,13,16,20H,2-3,7,19H2,1H3. The van der Waals surface area contributed by atoms with Crippen molar-refractivity contribution >= 4 is 0 Å². The Kier molecular flexibility index (Phi) is 3.45. The zero-order chi connectivity index (χ0) is 15.1. The fourth-order valence-electron chi connectivity index (χ4n) is 2.83. The Bertz CT molecular complexity index is 652. The molecule has 2 atom stereocenters. The van der Waals surface area contributed by atoms with Gasteiger partial charge in [-0.05, 0) is 43.5 Å². The van der Waals surface area contributed by atoms with E-state index in [4.69, 9.17) is 10.5 Å². The average Bonchev–Trinajstić information content (AvgIpc) is 2.44. The van der Waals surface area contributed by atoms with Gasteiger partial charge in [0.1, 0.15) is 23.5 Å². The number of ether oxygens (including phenoxy) is 1. The number of aliphatic hydroxyl groups is 1. The van der Waals surface area contributed by atoms with Crippen LogP contribution in [0.2, 0.25) is 0 Å². The van der Waals surface area contributed by atoms with Crippen LogP contribution in [0.3, 0.4) is 0 Å². The Morgan fingerprint density at radius 2 is 2.05 bits per heavy atom. The molecule has 3 nitrogen and oxygen atoms in total. The highest BCUT2D eigenvalue weighted by Gasteiger charge is 2.35. The van der Waals surface area contributed by atoms with E-state index in [9.17, 15) is 13.9 Å². The third-order valence-corrected chi connectivity index (χ3v) is 4.02. The zero-order valence-corrected chi connectivity index (χ0v) is 11.7. The number of nitrogens with two attached hydrogens (primary N) is 1. The molecular weight excluding hydrogens is 276 g/mol. The molecule has 1 aromatic carbocycles. The largest absolute Gasteiger partial charge is 0.512 e. The second kappa shape index (κ2) is 5.15. The minimum atomic E-state index is -0.749. The Morgan fingerprint density at radius 1 is 1.29 bits per heavy atom. The molecule has 1 fully saturated rings. The molecule has 1 aliphatic carbocycles. The Labute approximate surface area is 121 Å². The molecule has 3 rings (SSSR count). The van der Waals surface area contributed by atoms with Crippen LogP contribution in [0.25, 0.3) is 0 Å². The lowest BCUT2D eigenvalue weighted by atomic mass is 9.88. The number of allylic oxidation sites excluding steroid dienone is 3. The molecule has 0 radical (unpaired) electrons. The third-order valence-electron chi connectivity index (χ3n) is 4.02. The second-order valence-electron chi connectivity index (χ2n) is 5.56. The minimum absolute atomic E-state index is 0.121. The van der Waals surface area contributed by atoms with E-state index in [1.54, 1.807) is 0 Å². The Morgan fingerprint density at radius 3 is 2.81 bits per heavy atom. The van der Waals surface area contributed by atoms with Crippen molar-refractivity contribution in [3.05, 3.63) is 58.1 Å². The molecule has 1 heterocycles. The van der Waals surface area contributed by atoms with Gasteiger partial charge in [0.05, 0.1) is 11.8 Å². The third kappa shape index (κ3) is 2.42. The molecule has 0 amide bonds. The van der Waals surface area contributed by atoms with Crippen LogP contribution >= 0.6 is 0 Å². The summed E-state index contributed by atoms with van der Waals surface area (Å²) >= 11 is 0. The summed E-state index contributed by atoms with van der Waals surface area (Å²) in [5.41, 5.74) is 7.10. The van der Waals surface area contributed by atoms with E-state index >= 15 is 0 Å². The fourth-order valence-corrected chi connectivity index (χ4v) is 2.83. The van der Waals surface area contributed by atoms with Crippen LogP contribution in [0.1, 0.15) is 36.5 Å². The van der Waals surface area contributed by atoms with Crippen molar-refractivity contribution in [3.8, 4) is 0 Å². The van der Waals surface area contributed by atoms with Crippen molar-refractivity contribution in [2.45, 2.75) is 38.3 Å². The van der Waals surface area contributed by atoms with Gasteiger partial charge in [0.15, 0.2) is 0 Å². The van der Waals surface area contributed by atoms with Crippen LogP contribution in [0.15, 0.2) is 35.3 Å². The molecule has 1 saturated heterocycles. The van der Waals surface area contributed by atoms with Crippen molar-refractivity contribution in [3.63, 3.8) is 0 Å². The molecule has 112 valence electrons. The van der Waals surface area contributed by atoms with Gasteiger partial charge in [-0.15, -0.1) is 0 Å². The maximum Gasteiger partial charge on any atom is 0.142 e. The molecule has 2 aliphatic rings. The number of halogens is 2. The molecule has 0 saturated carbocycles. The molecule has 3 N–H and O–H groups in total. The number of benzene rings is 1. The predicted molar refractivity (Wildman–Crippen MR) is 74.5 cm³/mol. The summed E-state index contributed by atoms with van der Waals surface area (Å²) in [4.78, 5) is 0. The van der Waals surface area contributed by atoms with E-state index in [0.29, 0.717) is 30.6 Å². The zero-order valence-electron chi connectivity index (χ0n) is 11.7. The summed E-state index contributed by atoms with van der Waals surface area (Å²) in [6.07, 6.45) is 2.72. The van der Waals surface area contributed by atoms with E-state index in [-0.39, 0.29) is 16.9 Å². The molecule has 21 heavy (non-hydrogen) atoms. The van der Waals surface area contributed by atoms with Gasteiger partial charge in [0.2, 0.25) is 0 Å². The Balaban J connectivity index is 1.98. The van der Waals surface area contributed by atoms with Crippen molar-refractivity contribution in [2.75, 3.05) is 0 Å². The van der Waals surface area contributed by atoms with Crippen molar-refractivity contribution in [1.82, 2.24) is 0 Å². The Hall–Kier alpha value is -1.88. The SMILES string of the molecule is Cc1cc(F)c(C2OC3=CCCC(O)=C3CC2N)cc1F. The molecule has 0 bridgehead atoms. The highest BCUT2D eigenvalue weighted by molar-refractivity contribution is 5.37. The first-order valence-electron chi connectivity index (χ1n) is 6.96. The topological polar surface area (TPSA) is 55.5 Å². The molecule has 0 aromatic heterocycles. The van der Waals surface area contributed by atoms with Crippen LogP contribution in [-0.4, -0.2) is 11.1 Å². The highest BCUT2D eigenvalue weighted by Crippen LogP contribution is 2.40. The lowest BCUT2D eigenvalue weighted by molar-refractivity contribution is 0.0690.